The molecule has 6 heteroatoms. The molecular weight excluding hydrogens is 354 g/mol. The van der Waals surface area contributed by atoms with Gasteiger partial charge in [0, 0.05) is 24.1 Å². The first-order valence-electron chi connectivity index (χ1n) is 9.53. The molecule has 1 aromatic carbocycles. The molecule has 2 aromatic rings. The Bertz CT molecular complexity index is 877. The van der Waals surface area contributed by atoms with E-state index in [1.807, 2.05) is 6.07 Å². The third-order valence-electron chi connectivity index (χ3n) is 4.68. The lowest BCUT2D eigenvalue weighted by atomic mass is 9.97. The van der Waals surface area contributed by atoms with Crippen LogP contribution >= 0.6 is 0 Å². The molecule has 0 spiro atoms. The van der Waals surface area contributed by atoms with Crippen LogP contribution in [0.15, 0.2) is 54.2 Å². The summed E-state index contributed by atoms with van der Waals surface area (Å²) in [4.78, 5) is 28.2. The summed E-state index contributed by atoms with van der Waals surface area (Å²) in [5.41, 5.74) is 3.69. The van der Waals surface area contributed by atoms with Crippen molar-refractivity contribution in [2.45, 2.75) is 32.1 Å². The Labute approximate surface area is 165 Å². The monoisotopic (exact) mass is 379 g/mol. The van der Waals surface area contributed by atoms with Crippen LogP contribution in [0.4, 0.5) is 11.4 Å². The molecule has 0 aliphatic heterocycles. The molecule has 1 heterocycles. The van der Waals surface area contributed by atoms with E-state index < -0.39 is 5.97 Å². The highest BCUT2D eigenvalue weighted by molar-refractivity contribution is 5.93. The number of nitrogens with one attached hydrogen (secondary N) is 2. The van der Waals surface area contributed by atoms with Gasteiger partial charge in [0.15, 0.2) is 0 Å². The first-order chi connectivity index (χ1) is 13.7. The van der Waals surface area contributed by atoms with E-state index in [4.69, 9.17) is 4.74 Å². The number of esters is 1. The van der Waals surface area contributed by atoms with Crippen molar-refractivity contribution >= 4 is 23.3 Å². The third kappa shape index (κ3) is 5.42. The Kier molecular flexibility index (Phi) is 6.78. The molecular formula is C22H25N3O3. The van der Waals surface area contributed by atoms with Crippen LogP contribution in [0.3, 0.4) is 0 Å². The van der Waals surface area contributed by atoms with Crippen LogP contribution in [-0.4, -0.2) is 30.5 Å². The summed E-state index contributed by atoms with van der Waals surface area (Å²) in [6.07, 6.45) is 9.57. The zero-order valence-corrected chi connectivity index (χ0v) is 16.0. The predicted molar refractivity (Wildman–Crippen MR) is 109 cm³/mol. The highest BCUT2D eigenvalue weighted by Crippen LogP contribution is 2.20. The van der Waals surface area contributed by atoms with Crippen molar-refractivity contribution in [2.24, 2.45) is 0 Å². The normalized spacial score (nSPS) is 13.4. The quantitative estimate of drug-likeness (QED) is 0.556. The summed E-state index contributed by atoms with van der Waals surface area (Å²) < 4.78 is 4.74. The molecule has 2 N–H and O–H groups in total. The summed E-state index contributed by atoms with van der Waals surface area (Å²) >= 11 is 0. The lowest BCUT2D eigenvalue weighted by Crippen LogP contribution is -2.25. The fourth-order valence-electron chi connectivity index (χ4n) is 3.20. The molecule has 0 saturated carbocycles. The zero-order valence-electron chi connectivity index (χ0n) is 16.0. The van der Waals surface area contributed by atoms with Crippen molar-refractivity contribution in [3.05, 3.63) is 65.5 Å². The minimum atomic E-state index is -0.397. The Morgan fingerprint density at radius 1 is 1.14 bits per heavy atom. The van der Waals surface area contributed by atoms with E-state index in [9.17, 15) is 9.59 Å². The van der Waals surface area contributed by atoms with Crippen molar-refractivity contribution < 1.29 is 14.3 Å². The molecule has 0 fully saturated rings. The van der Waals surface area contributed by atoms with Crippen molar-refractivity contribution in [1.29, 1.82) is 0 Å². The van der Waals surface area contributed by atoms with Gasteiger partial charge in [0.05, 0.1) is 12.7 Å². The van der Waals surface area contributed by atoms with Crippen molar-refractivity contribution in [3.8, 4) is 0 Å². The summed E-state index contributed by atoms with van der Waals surface area (Å²) in [7, 11) is 1.35. The fourth-order valence-corrected chi connectivity index (χ4v) is 3.20. The van der Waals surface area contributed by atoms with E-state index >= 15 is 0 Å². The number of amides is 1. The number of benzene rings is 1. The number of carbonyl (C=O) groups is 2. The van der Waals surface area contributed by atoms with Crippen LogP contribution in [0.25, 0.3) is 0 Å². The first kappa shape index (κ1) is 19.6. The van der Waals surface area contributed by atoms with E-state index in [1.54, 1.807) is 36.5 Å². The lowest BCUT2D eigenvalue weighted by molar-refractivity contribution is 0.0600. The molecule has 1 aromatic heterocycles. The number of ether oxygens (including phenoxy) is 1. The third-order valence-corrected chi connectivity index (χ3v) is 4.68. The van der Waals surface area contributed by atoms with Gasteiger partial charge in [0.2, 0.25) is 0 Å². The van der Waals surface area contributed by atoms with Gasteiger partial charge in [-0.1, -0.05) is 17.7 Å². The van der Waals surface area contributed by atoms with Crippen molar-refractivity contribution in [2.75, 3.05) is 19.0 Å². The molecule has 3 rings (SSSR count). The average Bonchev–Trinajstić information content (AvgIpc) is 2.74. The summed E-state index contributed by atoms with van der Waals surface area (Å²) in [5, 5.41) is 6.13. The Balaban J connectivity index is 1.59. The summed E-state index contributed by atoms with van der Waals surface area (Å²) in [5.74, 6) is -0.588. The molecule has 146 valence electrons. The maximum atomic E-state index is 12.4. The van der Waals surface area contributed by atoms with Gasteiger partial charge in [-0.3, -0.25) is 9.78 Å². The predicted octanol–water partition coefficient (Wildman–Crippen LogP) is 4.23. The molecule has 1 amide bonds. The number of hydrogen-bond donors (Lipinski definition) is 2. The Morgan fingerprint density at radius 2 is 2.00 bits per heavy atom. The van der Waals surface area contributed by atoms with Crippen LogP contribution < -0.4 is 10.6 Å². The minimum absolute atomic E-state index is 0.191. The van der Waals surface area contributed by atoms with E-state index in [1.165, 1.54) is 25.5 Å². The van der Waals surface area contributed by atoms with Crippen molar-refractivity contribution in [3.63, 3.8) is 0 Å². The van der Waals surface area contributed by atoms with Crippen LogP contribution in [0.1, 0.15) is 53.0 Å². The maximum absolute atomic E-state index is 12.4. The standard InChI is InChI=1S/C22H25N3O3/c1-28-22(27)17-8-5-9-18(14-17)25-19-11-13-23-20(15-19)21(26)24-12-10-16-6-3-2-4-7-16/h5-6,8-9,11,13-15H,2-4,7,10,12H2,1H3,(H,23,25)(H,24,26). The van der Waals surface area contributed by atoms with Gasteiger partial charge < -0.3 is 15.4 Å². The number of rotatable bonds is 7. The number of nitrogens with zero attached hydrogens (tertiary/aromatic N) is 1. The molecule has 1 aliphatic carbocycles. The van der Waals surface area contributed by atoms with Crippen LogP contribution in [-0.2, 0) is 4.74 Å². The summed E-state index contributed by atoms with van der Waals surface area (Å²) in [6, 6.07) is 10.5. The molecule has 0 saturated heterocycles. The molecule has 0 atom stereocenters. The van der Waals surface area contributed by atoms with E-state index in [0.717, 1.165) is 30.6 Å². The minimum Gasteiger partial charge on any atom is -0.465 e. The highest BCUT2D eigenvalue weighted by atomic mass is 16.5. The second-order valence-corrected chi connectivity index (χ2v) is 6.74. The number of hydrogen-bond acceptors (Lipinski definition) is 5. The fraction of sp³-hybridized carbons (Fsp3) is 0.318. The van der Waals surface area contributed by atoms with Crippen LogP contribution in [0.5, 0.6) is 0 Å². The SMILES string of the molecule is COC(=O)c1cccc(Nc2ccnc(C(=O)NCCC3=CCCCC3)c2)c1. The van der Waals surface area contributed by atoms with E-state index in [-0.39, 0.29) is 5.91 Å². The Morgan fingerprint density at radius 3 is 2.79 bits per heavy atom. The number of carbonyl (C=O) groups excluding carboxylic acids is 2. The molecule has 28 heavy (non-hydrogen) atoms. The highest BCUT2D eigenvalue weighted by Gasteiger charge is 2.10. The van der Waals surface area contributed by atoms with Crippen LogP contribution in [0.2, 0.25) is 0 Å². The Hall–Kier alpha value is -3.15. The van der Waals surface area contributed by atoms with Gasteiger partial charge in [0.25, 0.3) is 5.91 Å². The zero-order chi connectivity index (χ0) is 19.8. The average molecular weight is 379 g/mol. The second-order valence-electron chi connectivity index (χ2n) is 6.74. The van der Waals surface area contributed by atoms with Gasteiger partial charge >= 0.3 is 5.97 Å². The number of anilines is 2. The van der Waals surface area contributed by atoms with Crippen molar-refractivity contribution in [1.82, 2.24) is 10.3 Å². The maximum Gasteiger partial charge on any atom is 0.337 e. The van der Waals surface area contributed by atoms with Gasteiger partial charge in [-0.2, -0.15) is 0 Å². The number of methoxy groups -OCH3 is 1. The lowest BCUT2D eigenvalue weighted by Gasteiger charge is -2.13. The van der Waals surface area contributed by atoms with Gasteiger partial charge in [-0.05, 0) is 62.4 Å². The van der Waals surface area contributed by atoms with E-state index in [0.29, 0.717) is 17.8 Å². The van der Waals surface area contributed by atoms with Gasteiger partial charge in [0.1, 0.15) is 5.69 Å². The van der Waals surface area contributed by atoms with Gasteiger partial charge in [-0.15, -0.1) is 0 Å². The molecule has 0 unspecified atom stereocenters. The smallest absolute Gasteiger partial charge is 0.337 e. The van der Waals surface area contributed by atoms with Crippen LogP contribution in [0, 0.1) is 0 Å². The molecule has 0 radical (unpaired) electrons. The number of aromatic nitrogens is 1. The molecule has 6 nitrogen and oxygen atoms in total. The summed E-state index contributed by atoms with van der Waals surface area (Å²) in [6.45, 7) is 0.616. The number of pyridine rings is 1. The molecule has 1 aliphatic rings. The van der Waals surface area contributed by atoms with Gasteiger partial charge in [-0.25, -0.2) is 4.79 Å². The van der Waals surface area contributed by atoms with E-state index in [2.05, 4.69) is 21.7 Å². The topological polar surface area (TPSA) is 80.3 Å². The first-order valence-corrected chi connectivity index (χ1v) is 9.53. The number of allylic oxidation sites excluding steroid dienone is 1. The largest absolute Gasteiger partial charge is 0.465 e. The second kappa shape index (κ2) is 9.69. The molecule has 0 bridgehead atoms.